The van der Waals surface area contributed by atoms with Gasteiger partial charge in [-0.25, -0.2) is 4.39 Å². The summed E-state index contributed by atoms with van der Waals surface area (Å²) in [6, 6.07) is 0. The first-order valence-corrected chi connectivity index (χ1v) is 6.55. The van der Waals surface area contributed by atoms with Crippen LogP contribution in [0.2, 0.25) is 0 Å². The summed E-state index contributed by atoms with van der Waals surface area (Å²) in [4.78, 5) is 0. The standard InChI is InChI=1S/C10H12F9I/c1-3-6(20,4-2)5-7(11,9(14,15)16)8(12,13)10(17,18)19/h3-5H2,1-2H3. The zero-order valence-electron chi connectivity index (χ0n) is 10.4. The Kier molecular flexibility index (Phi) is 5.74. The summed E-state index contributed by atoms with van der Waals surface area (Å²) in [6.07, 6.45) is -15.3. The largest absolute Gasteiger partial charge is 0.457 e. The molecular weight excluding hydrogens is 418 g/mol. The summed E-state index contributed by atoms with van der Waals surface area (Å²) in [5, 5.41) is 0. The number of halogens is 10. The van der Waals surface area contributed by atoms with E-state index in [9.17, 15) is 39.5 Å². The molecule has 0 aliphatic carbocycles. The molecule has 0 radical (unpaired) electrons. The Balaban J connectivity index is 5.92. The highest BCUT2D eigenvalue weighted by Crippen LogP contribution is 2.57. The molecule has 0 bridgehead atoms. The molecule has 0 fully saturated rings. The van der Waals surface area contributed by atoms with Crippen molar-refractivity contribution in [2.75, 3.05) is 0 Å². The van der Waals surface area contributed by atoms with Gasteiger partial charge in [0.2, 0.25) is 0 Å². The maximum absolute atomic E-state index is 13.8. The van der Waals surface area contributed by atoms with Gasteiger partial charge in [-0.15, -0.1) is 0 Å². The smallest absolute Gasteiger partial charge is 0.227 e. The van der Waals surface area contributed by atoms with E-state index in [0.29, 0.717) is 0 Å². The van der Waals surface area contributed by atoms with Crippen molar-refractivity contribution in [1.29, 1.82) is 0 Å². The zero-order chi connectivity index (χ0) is 16.6. The number of alkyl halides is 10. The summed E-state index contributed by atoms with van der Waals surface area (Å²) in [7, 11) is 0. The van der Waals surface area contributed by atoms with E-state index in [-0.39, 0.29) is 12.8 Å². The van der Waals surface area contributed by atoms with Crippen molar-refractivity contribution in [3.63, 3.8) is 0 Å². The van der Waals surface area contributed by atoms with Gasteiger partial charge in [-0.2, -0.15) is 35.1 Å². The Labute approximate surface area is 123 Å². The van der Waals surface area contributed by atoms with Crippen LogP contribution in [-0.2, 0) is 0 Å². The van der Waals surface area contributed by atoms with Crippen LogP contribution in [0.4, 0.5) is 39.5 Å². The quantitative estimate of drug-likeness (QED) is 0.292. The minimum Gasteiger partial charge on any atom is -0.227 e. The van der Waals surface area contributed by atoms with E-state index in [1.54, 1.807) is 0 Å². The van der Waals surface area contributed by atoms with Crippen molar-refractivity contribution >= 4 is 22.6 Å². The van der Waals surface area contributed by atoms with Crippen molar-refractivity contribution in [2.24, 2.45) is 0 Å². The van der Waals surface area contributed by atoms with Gasteiger partial charge < -0.3 is 0 Å². The van der Waals surface area contributed by atoms with Crippen molar-refractivity contribution in [1.82, 2.24) is 0 Å². The predicted molar refractivity (Wildman–Crippen MR) is 62.8 cm³/mol. The van der Waals surface area contributed by atoms with Crippen LogP contribution in [0.25, 0.3) is 0 Å². The third kappa shape index (κ3) is 3.46. The van der Waals surface area contributed by atoms with Crippen LogP contribution < -0.4 is 0 Å². The summed E-state index contributed by atoms with van der Waals surface area (Å²) in [5.41, 5.74) is -5.66. The number of rotatable bonds is 5. The number of hydrogen-bond acceptors (Lipinski definition) is 0. The van der Waals surface area contributed by atoms with Gasteiger partial charge in [-0.3, -0.25) is 0 Å². The second-order valence-corrected chi connectivity index (χ2v) is 6.69. The van der Waals surface area contributed by atoms with E-state index in [2.05, 4.69) is 0 Å². The highest BCUT2D eigenvalue weighted by molar-refractivity contribution is 14.1. The van der Waals surface area contributed by atoms with E-state index in [1.807, 2.05) is 0 Å². The summed E-state index contributed by atoms with van der Waals surface area (Å²) in [5.74, 6) is -6.51. The topological polar surface area (TPSA) is 0 Å². The SMILES string of the molecule is CCC(I)(CC)CC(F)(C(F)(F)F)C(F)(F)C(F)(F)F. The van der Waals surface area contributed by atoms with Gasteiger partial charge in [-0.1, -0.05) is 36.4 Å². The van der Waals surface area contributed by atoms with E-state index in [4.69, 9.17) is 0 Å². The van der Waals surface area contributed by atoms with Gasteiger partial charge in [0.25, 0.3) is 5.67 Å². The Morgan fingerprint density at radius 3 is 1.25 bits per heavy atom. The van der Waals surface area contributed by atoms with Gasteiger partial charge in [0.1, 0.15) is 0 Å². The second-order valence-electron chi connectivity index (χ2n) is 4.41. The fourth-order valence-electron chi connectivity index (χ4n) is 1.55. The maximum atomic E-state index is 13.8. The zero-order valence-corrected chi connectivity index (χ0v) is 12.6. The molecule has 122 valence electrons. The van der Waals surface area contributed by atoms with Crippen LogP contribution in [0.5, 0.6) is 0 Å². The van der Waals surface area contributed by atoms with Gasteiger partial charge in [0.15, 0.2) is 0 Å². The van der Waals surface area contributed by atoms with E-state index < -0.39 is 33.8 Å². The molecule has 0 saturated carbocycles. The maximum Gasteiger partial charge on any atom is 0.457 e. The molecule has 1 atom stereocenters. The van der Waals surface area contributed by atoms with Gasteiger partial charge >= 0.3 is 18.3 Å². The summed E-state index contributed by atoms with van der Waals surface area (Å²) >= 11 is 1.30. The molecule has 0 spiro atoms. The van der Waals surface area contributed by atoms with Crippen LogP contribution in [0, 0.1) is 0 Å². The molecule has 0 amide bonds. The normalized spacial score (nSPS) is 18.0. The molecule has 0 aliphatic heterocycles. The second kappa shape index (κ2) is 5.71. The lowest BCUT2D eigenvalue weighted by Crippen LogP contribution is -2.63. The number of hydrogen-bond donors (Lipinski definition) is 0. The average molecular weight is 430 g/mol. The molecule has 0 saturated heterocycles. The molecule has 20 heavy (non-hydrogen) atoms. The van der Waals surface area contributed by atoms with Crippen LogP contribution in [0.3, 0.4) is 0 Å². The summed E-state index contributed by atoms with van der Waals surface area (Å²) < 4.78 is 112. The van der Waals surface area contributed by atoms with Crippen LogP contribution in [0.1, 0.15) is 33.1 Å². The van der Waals surface area contributed by atoms with Crippen molar-refractivity contribution in [3.05, 3.63) is 0 Å². The molecule has 0 N–H and O–H groups in total. The first kappa shape index (κ1) is 20.1. The first-order valence-electron chi connectivity index (χ1n) is 5.47. The van der Waals surface area contributed by atoms with Crippen molar-refractivity contribution in [2.45, 2.75) is 60.5 Å². The van der Waals surface area contributed by atoms with Crippen LogP contribution in [-0.4, -0.2) is 27.4 Å². The molecule has 0 heterocycles. The lowest BCUT2D eigenvalue weighted by Gasteiger charge is -2.40. The Bertz CT molecular complexity index is 329. The summed E-state index contributed by atoms with van der Waals surface area (Å²) in [6.45, 7) is 2.58. The first-order chi connectivity index (χ1) is 8.58. The minimum atomic E-state index is -6.63. The molecule has 0 aromatic heterocycles. The third-order valence-electron chi connectivity index (χ3n) is 3.13. The van der Waals surface area contributed by atoms with Gasteiger partial charge in [-0.05, 0) is 12.8 Å². The highest BCUT2D eigenvalue weighted by atomic mass is 127. The molecule has 10 heteroatoms. The third-order valence-corrected chi connectivity index (χ3v) is 5.04. The fourth-order valence-corrected chi connectivity index (χ4v) is 2.08. The van der Waals surface area contributed by atoms with Gasteiger partial charge in [0.05, 0.1) is 0 Å². The predicted octanol–water partition coefficient (Wildman–Crippen LogP) is 5.84. The lowest BCUT2D eigenvalue weighted by atomic mass is 9.83. The molecule has 1 unspecified atom stereocenters. The van der Waals surface area contributed by atoms with Crippen LogP contribution in [0.15, 0.2) is 0 Å². The van der Waals surface area contributed by atoms with E-state index in [1.165, 1.54) is 36.4 Å². The highest BCUT2D eigenvalue weighted by Gasteiger charge is 2.81. The lowest BCUT2D eigenvalue weighted by molar-refractivity contribution is -0.385. The Morgan fingerprint density at radius 2 is 1.05 bits per heavy atom. The van der Waals surface area contributed by atoms with Crippen LogP contribution >= 0.6 is 22.6 Å². The molecule has 0 aromatic rings. The van der Waals surface area contributed by atoms with E-state index in [0.717, 1.165) is 0 Å². The van der Waals surface area contributed by atoms with Crippen molar-refractivity contribution in [3.8, 4) is 0 Å². The molecule has 0 aliphatic rings. The minimum absolute atomic E-state index is 0.181. The fraction of sp³-hybridized carbons (Fsp3) is 1.00. The van der Waals surface area contributed by atoms with Gasteiger partial charge in [0, 0.05) is 9.84 Å². The molecular formula is C10H12F9I. The Hall–Kier alpha value is 0.1000. The average Bonchev–Trinajstić information content (AvgIpc) is 2.25. The molecule has 0 rings (SSSR count). The molecule has 0 aromatic carbocycles. The van der Waals surface area contributed by atoms with Crippen molar-refractivity contribution < 1.29 is 39.5 Å². The molecule has 0 nitrogen and oxygen atoms in total. The van der Waals surface area contributed by atoms with E-state index >= 15 is 0 Å². The monoisotopic (exact) mass is 430 g/mol. The Morgan fingerprint density at radius 1 is 0.700 bits per heavy atom.